The van der Waals surface area contributed by atoms with Gasteiger partial charge in [-0.05, 0) is 37.6 Å². The van der Waals surface area contributed by atoms with E-state index in [-0.39, 0.29) is 11.8 Å². The second kappa shape index (κ2) is 6.01. The van der Waals surface area contributed by atoms with Crippen LogP contribution in [0.15, 0.2) is 24.3 Å². The Hall–Kier alpha value is -1.94. The van der Waals surface area contributed by atoms with Crippen LogP contribution >= 0.6 is 0 Å². The summed E-state index contributed by atoms with van der Waals surface area (Å²) in [7, 11) is 0. The molecular formula is C16H21N3O. The highest BCUT2D eigenvalue weighted by molar-refractivity contribution is 5.92. The molecular weight excluding hydrogens is 250 g/mol. The van der Waals surface area contributed by atoms with Gasteiger partial charge in [0.1, 0.15) is 5.82 Å². The third-order valence-corrected chi connectivity index (χ3v) is 3.03. The molecule has 4 nitrogen and oxygen atoms in total. The van der Waals surface area contributed by atoms with Crippen LogP contribution in [0.2, 0.25) is 0 Å². The maximum Gasteiger partial charge on any atom is 0.152 e. The summed E-state index contributed by atoms with van der Waals surface area (Å²) >= 11 is 0. The van der Waals surface area contributed by atoms with Crippen molar-refractivity contribution in [3.05, 3.63) is 35.7 Å². The summed E-state index contributed by atoms with van der Waals surface area (Å²) in [6.07, 6.45) is 3.39. The highest BCUT2D eigenvalue weighted by Crippen LogP contribution is 2.18. The van der Waals surface area contributed by atoms with Crippen molar-refractivity contribution >= 4 is 22.9 Å². The van der Waals surface area contributed by atoms with Gasteiger partial charge in [-0.1, -0.05) is 26.0 Å². The Bertz CT molecular complexity index is 640. The summed E-state index contributed by atoms with van der Waals surface area (Å²) < 4.78 is 0. The van der Waals surface area contributed by atoms with E-state index in [9.17, 15) is 4.79 Å². The largest absolute Gasteiger partial charge is 0.341 e. The van der Waals surface area contributed by atoms with Gasteiger partial charge in [-0.15, -0.1) is 0 Å². The van der Waals surface area contributed by atoms with Gasteiger partial charge >= 0.3 is 0 Å². The molecule has 0 aliphatic rings. The van der Waals surface area contributed by atoms with Crippen molar-refractivity contribution in [2.24, 2.45) is 0 Å². The number of rotatable bonds is 5. The molecule has 0 saturated heterocycles. The van der Waals surface area contributed by atoms with Crippen molar-refractivity contribution < 1.29 is 4.79 Å². The van der Waals surface area contributed by atoms with Crippen molar-refractivity contribution in [3.63, 3.8) is 0 Å². The Kier molecular flexibility index (Phi) is 4.35. The number of ketones is 1. The molecule has 0 aliphatic heterocycles. The minimum absolute atomic E-state index is 0.0464. The van der Waals surface area contributed by atoms with E-state index in [2.05, 4.69) is 36.1 Å². The lowest BCUT2D eigenvalue weighted by Crippen LogP contribution is -2.26. The van der Waals surface area contributed by atoms with Gasteiger partial charge in [0.25, 0.3) is 0 Å². The van der Waals surface area contributed by atoms with Gasteiger partial charge in [-0.25, -0.2) is 4.98 Å². The molecule has 1 heterocycles. The predicted octanol–water partition coefficient (Wildman–Crippen LogP) is 3.22. The number of imidazole rings is 1. The maximum absolute atomic E-state index is 11.0. The molecule has 0 fully saturated rings. The summed E-state index contributed by atoms with van der Waals surface area (Å²) in [4.78, 5) is 18.9. The minimum Gasteiger partial charge on any atom is -0.341 e. The SMILES string of the molecule is CC(=O)/C=C/c1ccc2nc([C@H](C)NC(C)C)[nH]c2c1. The fourth-order valence-corrected chi connectivity index (χ4v) is 2.15. The highest BCUT2D eigenvalue weighted by atomic mass is 16.1. The van der Waals surface area contributed by atoms with Crippen LogP contribution in [0.5, 0.6) is 0 Å². The van der Waals surface area contributed by atoms with Gasteiger partial charge in [-0.3, -0.25) is 4.79 Å². The lowest BCUT2D eigenvalue weighted by atomic mass is 10.2. The number of carbonyl (C=O) groups excluding carboxylic acids is 1. The summed E-state index contributed by atoms with van der Waals surface area (Å²) in [6, 6.07) is 6.53. The fourth-order valence-electron chi connectivity index (χ4n) is 2.15. The normalized spacial score (nSPS) is 13.4. The number of aromatic amines is 1. The molecule has 20 heavy (non-hydrogen) atoms. The van der Waals surface area contributed by atoms with E-state index >= 15 is 0 Å². The first-order valence-corrected chi connectivity index (χ1v) is 6.90. The second-order valence-electron chi connectivity index (χ2n) is 5.39. The van der Waals surface area contributed by atoms with Crippen LogP contribution in [0.25, 0.3) is 17.1 Å². The number of fused-ring (bicyclic) bond motifs is 1. The van der Waals surface area contributed by atoms with Gasteiger partial charge in [-0.2, -0.15) is 0 Å². The average molecular weight is 271 g/mol. The van der Waals surface area contributed by atoms with Crippen LogP contribution in [0, 0.1) is 0 Å². The standard InChI is InChI=1S/C16H21N3O/c1-10(2)17-12(4)16-18-14-8-7-13(6-5-11(3)20)9-15(14)19-16/h5-10,12,17H,1-4H3,(H,18,19)/b6-5+/t12-/m0/s1. The molecule has 0 bridgehead atoms. The molecule has 0 saturated carbocycles. The first-order valence-electron chi connectivity index (χ1n) is 6.90. The van der Waals surface area contributed by atoms with Crippen LogP contribution in [-0.2, 0) is 4.79 Å². The zero-order valence-corrected chi connectivity index (χ0v) is 12.4. The number of nitrogens with one attached hydrogen (secondary N) is 2. The molecule has 1 atom stereocenters. The van der Waals surface area contributed by atoms with E-state index < -0.39 is 0 Å². The minimum atomic E-state index is 0.0464. The molecule has 2 rings (SSSR count). The smallest absolute Gasteiger partial charge is 0.152 e. The average Bonchev–Trinajstić information content (AvgIpc) is 2.78. The molecule has 0 radical (unpaired) electrons. The first-order chi connectivity index (χ1) is 9.45. The predicted molar refractivity (Wildman–Crippen MR) is 82.5 cm³/mol. The quantitative estimate of drug-likeness (QED) is 0.821. The van der Waals surface area contributed by atoms with Crippen LogP contribution in [-0.4, -0.2) is 21.8 Å². The Morgan fingerprint density at radius 2 is 2.10 bits per heavy atom. The van der Waals surface area contributed by atoms with Crippen LogP contribution in [0.3, 0.4) is 0 Å². The third-order valence-electron chi connectivity index (χ3n) is 3.03. The van der Waals surface area contributed by atoms with Crippen molar-refractivity contribution in [1.82, 2.24) is 15.3 Å². The van der Waals surface area contributed by atoms with Crippen molar-refractivity contribution in [3.8, 4) is 0 Å². The van der Waals surface area contributed by atoms with E-state index in [0.29, 0.717) is 6.04 Å². The van der Waals surface area contributed by atoms with E-state index in [0.717, 1.165) is 22.4 Å². The number of aromatic nitrogens is 2. The Labute approximate surface area is 119 Å². The number of hydrogen-bond donors (Lipinski definition) is 2. The van der Waals surface area contributed by atoms with Gasteiger partial charge in [0.05, 0.1) is 17.1 Å². The number of hydrogen-bond acceptors (Lipinski definition) is 3. The number of carbonyl (C=O) groups is 1. The van der Waals surface area contributed by atoms with E-state index in [1.165, 1.54) is 0 Å². The van der Waals surface area contributed by atoms with Gasteiger partial charge in [0, 0.05) is 6.04 Å². The number of allylic oxidation sites excluding steroid dienone is 1. The first kappa shape index (κ1) is 14.5. The van der Waals surface area contributed by atoms with Crippen LogP contribution in [0.1, 0.15) is 45.1 Å². The molecule has 4 heteroatoms. The molecule has 0 amide bonds. The Balaban J connectivity index is 2.27. The van der Waals surface area contributed by atoms with E-state index in [4.69, 9.17) is 0 Å². The molecule has 2 aromatic rings. The molecule has 1 aromatic carbocycles. The van der Waals surface area contributed by atoms with E-state index in [1.807, 2.05) is 24.3 Å². The van der Waals surface area contributed by atoms with E-state index in [1.54, 1.807) is 13.0 Å². The molecule has 0 spiro atoms. The topological polar surface area (TPSA) is 57.8 Å². The molecule has 1 aromatic heterocycles. The molecule has 106 valence electrons. The van der Waals surface area contributed by atoms with Crippen molar-refractivity contribution in [2.75, 3.05) is 0 Å². The second-order valence-corrected chi connectivity index (χ2v) is 5.39. The monoisotopic (exact) mass is 271 g/mol. The van der Waals surface area contributed by atoms with Crippen molar-refractivity contribution in [2.45, 2.75) is 39.8 Å². The molecule has 0 unspecified atom stereocenters. The number of nitrogens with zero attached hydrogens (tertiary/aromatic N) is 1. The highest BCUT2D eigenvalue weighted by Gasteiger charge is 2.11. The molecule has 0 aliphatic carbocycles. The molecule has 2 N–H and O–H groups in total. The third kappa shape index (κ3) is 3.54. The van der Waals surface area contributed by atoms with Crippen LogP contribution < -0.4 is 5.32 Å². The summed E-state index contributed by atoms with van der Waals surface area (Å²) in [5, 5.41) is 3.42. The Morgan fingerprint density at radius 3 is 2.75 bits per heavy atom. The maximum atomic E-state index is 11.0. The van der Waals surface area contributed by atoms with Crippen molar-refractivity contribution in [1.29, 1.82) is 0 Å². The fraction of sp³-hybridized carbons (Fsp3) is 0.375. The summed E-state index contributed by atoms with van der Waals surface area (Å²) in [6.45, 7) is 7.87. The Morgan fingerprint density at radius 1 is 1.35 bits per heavy atom. The van der Waals surface area contributed by atoms with Gasteiger partial charge in [0.15, 0.2) is 5.78 Å². The number of benzene rings is 1. The zero-order valence-electron chi connectivity index (χ0n) is 12.4. The lowest BCUT2D eigenvalue weighted by Gasteiger charge is -2.13. The lowest BCUT2D eigenvalue weighted by molar-refractivity contribution is -0.112. The van der Waals surface area contributed by atoms with Crippen LogP contribution in [0.4, 0.5) is 0 Å². The van der Waals surface area contributed by atoms with Gasteiger partial charge < -0.3 is 10.3 Å². The number of H-pyrrole nitrogens is 1. The van der Waals surface area contributed by atoms with Gasteiger partial charge in [0.2, 0.25) is 0 Å². The summed E-state index contributed by atoms with van der Waals surface area (Å²) in [5.74, 6) is 0.978. The summed E-state index contributed by atoms with van der Waals surface area (Å²) in [5.41, 5.74) is 2.92. The zero-order chi connectivity index (χ0) is 14.7.